The lowest BCUT2D eigenvalue weighted by Crippen LogP contribution is -2.49. The molecule has 0 saturated carbocycles. The first-order valence-electron chi connectivity index (χ1n) is 9.52. The third-order valence-electron chi connectivity index (χ3n) is 5.15. The summed E-state index contributed by atoms with van der Waals surface area (Å²) in [5, 5.41) is 7.12. The normalized spacial score (nSPS) is 14.3. The SMILES string of the molecule is Cc1cccc(-c2n[nH]c(=S)n2CC(=O)N2CCN(c3ccc(F)cc3)CC2)c1. The molecule has 0 spiro atoms. The van der Waals surface area contributed by atoms with Crippen LogP contribution in [0.3, 0.4) is 0 Å². The van der Waals surface area contributed by atoms with E-state index in [1.54, 1.807) is 16.7 Å². The molecule has 1 aliphatic rings. The third-order valence-corrected chi connectivity index (χ3v) is 5.46. The Kier molecular flexibility index (Phi) is 5.44. The molecule has 3 aromatic rings. The van der Waals surface area contributed by atoms with Gasteiger partial charge in [-0.05, 0) is 49.5 Å². The molecule has 8 heteroatoms. The van der Waals surface area contributed by atoms with E-state index < -0.39 is 0 Å². The number of aryl methyl sites for hydroxylation is 1. The van der Waals surface area contributed by atoms with Crippen LogP contribution in [0.2, 0.25) is 0 Å². The van der Waals surface area contributed by atoms with Gasteiger partial charge in [-0.1, -0.05) is 23.8 Å². The van der Waals surface area contributed by atoms with Gasteiger partial charge in [-0.2, -0.15) is 5.10 Å². The molecule has 1 saturated heterocycles. The Morgan fingerprint density at radius 1 is 1.14 bits per heavy atom. The quantitative estimate of drug-likeness (QED) is 0.669. The molecule has 1 N–H and O–H groups in total. The number of nitrogens with one attached hydrogen (secondary N) is 1. The van der Waals surface area contributed by atoms with E-state index in [1.807, 2.05) is 36.1 Å². The van der Waals surface area contributed by atoms with E-state index in [0.29, 0.717) is 36.8 Å². The van der Waals surface area contributed by atoms with Crippen molar-refractivity contribution in [3.05, 3.63) is 64.7 Å². The van der Waals surface area contributed by atoms with E-state index >= 15 is 0 Å². The van der Waals surface area contributed by atoms with Crippen LogP contribution in [0.15, 0.2) is 48.5 Å². The third kappa shape index (κ3) is 4.22. The average molecular weight is 412 g/mol. The molecule has 1 aromatic heterocycles. The van der Waals surface area contributed by atoms with Crippen molar-refractivity contribution in [1.29, 1.82) is 0 Å². The molecular formula is C21H22FN5OS. The molecule has 6 nitrogen and oxygen atoms in total. The summed E-state index contributed by atoms with van der Waals surface area (Å²) < 4.78 is 15.3. The Labute approximate surface area is 173 Å². The molecule has 0 atom stereocenters. The Balaban J connectivity index is 1.44. The van der Waals surface area contributed by atoms with Gasteiger partial charge in [-0.3, -0.25) is 14.5 Å². The summed E-state index contributed by atoms with van der Waals surface area (Å²) in [6, 6.07) is 14.4. The zero-order valence-corrected chi connectivity index (χ0v) is 17.0. The maximum Gasteiger partial charge on any atom is 0.242 e. The number of aromatic amines is 1. The maximum absolute atomic E-state index is 13.1. The Morgan fingerprint density at radius 2 is 1.86 bits per heavy atom. The minimum absolute atomic E-state index is 0.00941. The lowest BCUT2D eigenvalue weighted by molar-refractivity contribution is -0.132. The van der Waals surface area contributed by atoms with Crippen molar-refractivity contribution in [2.75, 3.05) is 31.1 Å². The summed E-state index contributed by atoms with van der Waals surface area (Å²) in [4.78, 5) is 16.9. The topological polar surface area (TPSA) is 57.2 Å². The standard InChI is InChI=1S/C21H22FN5OS/c1-15-3-2-4-16(13-15)20-23-24-21(29)27(20)14-19(28)26-11-9-25(10-12-26)18-7-5-17(22)6-8-18/h2-8,13H,9-12,14H2,1H3,(H,24,29). The monoisotopic (exact) mass is 411 g/mol. The number of rotatable bonds is 4. The van der Waals surface area contributed by atoms with Crippen LogP contribution in [0.25, 0.3) is 11.4 Å². The highest BCUT2D eigenvalue weighted by molar-refractivity contribution is 7.71. The van der Waals surface area contributed by atoms with Crippen molar-refractivity contribution in [2.45, 2.75) is 13.5 Å². The Morgan fingerprint density at radius 3 is 2.55 bits per heavy atom. The van der Waals surface area contributed by atoms with Gasteiger partial charge in [0.05, 0.1) is 0 Å². The molecule has 2 heterocycles. The first-order valence-corrected chi connectivity index (χ1v) is 9.92. The minimum Gasteiger partial charge on any atom is -0.368 e. The fourth-order valence-electron chi connectivity index (χ4n) is 3.57. The van der Waals surface area contributed by atoms with Gasteiger partial charge in [0.15, 0.2) is 10.6 Å². The van der Waals surface area contributed by atoms with Gasteiger partial charge in [-0.25, -0.2) is 4.39 Å². The summed E-state index contributed by atoms with van der Waals surface area (Å²) in [5.41, 5.74) is 3.01. The zero-order valence-electron chi connectivity index (χ0n) is 16.1. The van der Waals surface area contributed by atoms with Gasteiger partial charge in [0.2, 0.25) is 5.91 Å². The molecule has 0 unspecified atom stereocenters. The van der Waals surface area contributed by atoms with Gasteiger partial charge in [-0.15, -0.1) is 0 Å². The van der Waals surface area contributed by atoms with E-state index in [0.717, 1.165) is 16.8 Å². The number of halogens is 1. The second kappa shape index (κ2) is 8.16. The van der Waals surface area contributed by atoms with Crippen LogP contribution in [-0.2, 0) is 11.3 Å². The molecule has 1 amide bonds. The first kappa shape index (κ1) is 19.3. The van der Waals surface area contributed by atoms with Crippen LogP contribution in [0, 0.1) is 17.5 Å². The van der Waals surface area contributed by atoms with E-state index in [-0.39, 0.29) is 18.3 Å². The number of hydrogen-bond donors (Lipinski definition) is 1. The fraction of sp³-hybridized carbons (Fsp3) is 0.286. The summed E-state index contributed by atoms with van der Waals surface area (Å²) in [6.07, 6.45) is 0. The maximum atomic E-state index is 13.1. The Hall–Kier alpha value is -3.00. The van der Waals surface area contributed by atoms with Crippen molar-refractivity contribution in [1.82, 2.24) is 19.7 Å². The summed E-state index contributed by atoms with van der Waals surface area (Å²) >= 11 is 5.35. The molecule has 0 bridgehead atoms. The number of hydrogen-bond acceptors (Lipinski definition) is 4. The Bertz CT molecular complexity index is 1070. The van der Waals surface area contributed by atoms with Gasteiger partial charge < -0.3 is 9.80 Å². The van der Waals surface area contributed by atoms with Crippen molar-refractivity contribution in [2.24, 2.45) is 0 Å². The number of anilines is 1. The lowest BCUT2D eigenvalue weighted by Gasteiger charge is -2.36. The number of nitrogens with zero attached hydrogens (tertiary/aromatic N) is 4. The zero-order chi connectivity index (χ0) is 20.4. The predicted octanol–water partition coefficient (Wildman–Crippen LogP) is 3.40. The molecule has 29 heavy (non-hydrogen) atoms. The van der Waals surface area contributed by atoms with Crippen molar-refractivity contribution in [3.63, 3.8) is 0 Å². The first-order chi connectivity index (χ1) is 14.0. The average Bonchev–Trinajstić information content (AvgIpc) is 3.09. The summed E-state index contributed by atoms with van der Waals surface area (Å²) in [7, 11) is 0. The van der Waals surface area contributed by atoms with Crippen molar-refractivity contribution >= 4 is 23.8 Å². The molecule has 150 valence electrons. The molecule has 1 fully saturated rings. The second-order valence-corrected chi connectivity index (χ2v) is 7.54. The number of carbonyl (C=O) groups is 1. The van der Waals surface area contributed by atoms with Crippen LogP contribution in [-0.4, -0.2) is 51.8 Å². The van der Waals surface area contributed by atoms with Crippen LogP contribution in [0.1, 0.15) is 5.56 Å². The van der Waals surface area contributed by atoms with Gasteiger partial charge in [0.25, 0.3) is 0 Å². The summed E-state index contributed by atoms with van der Waals surface area (Å²) in [5.74, 6) is 0.427. The van der Waals surface area contributed by atoms with E-state index in [4.69, 9.17) is 12.2 Å². The van der Waals surface area contributed by atoms with E-state index in [2.05, 4.69) is 15.1 Å². The van der Waals surface area contributed by atoms with Crippen LogP contribution < -0.4 is 4.90 Å². The highest BCUT2D eigenvalue weighted by atomic mass is 32.1. The highest BCUT2D eigenvalue weighted by Crippen LogP contribution is 2.20. The molecule has 1 aliphatic heterocycles. The van der Waals surface area contributed by atoms with Crippen molar-refractivity contribution < 1.29 is 9.18 Å². The van der Waals surface area contributed by atoms with Crippen LogP contribution in [0.5, 0.6) is 0 Å². The molecule has 0 aliphatic carbocycles. The predicted molar refractivity (Wildman–Crippen MR) is 113 cm³/mol. The molecule has 2 aromatic carbocycles. The number of carbonyl (C=O) groups excluding carboxylic acids is 1. The van der Waals surface area contributed by atoms with E-state index in [9.17, 15) is 9.18 Å². The fourth-order valence-corrected chi connectivity index (χ4v) is 3.77. The van der Waals surface area contributed by atoms with E-state index in [1.165, 1.54) is 12.1 Å². The van der Waals surface area contributed by atoms with Gasteiger partial charge in [0.1, 0.15) is 12.4 Å². The molecule has 0 radical (unpaired) electrons. The van der Waals surface area contributed by atoms with Crippen LogP contribution in [0.4, 0.5) is 10.1 Å². The lowest BCUT2D eigenvalue weighted by atomic mass is 10.1. The number of benzene rings is 2. The summed E-state index contributed by atoms with van der Waals surface area (Å²) in [6.45, 7) is 4.80. The minimum atomic E-state index is -0.246. The molecular weight excluding hydrogens is 389 g/mol. The number of aromatic nitrogens is 3. The van der Waals surface area contributed by atoms with Crippen molar-refractivity contribution in [3.8, 4) is 11.4 Å². The molecule has 4 rings (SSSR count). The number of amides is 1. The van der Waals surface area contributed by atoms with Gasteiger partial charge >= 0.3 is 0 Å². The van der Waals surface area contributed by atoms with Crippen LogP contribution >= 0.6 is 12.2 Å². The smallest absolute Gasteiger partial charge is 0.242 e. The highest BCUT2D eigenvalue weighted by Gasteiger charge is 2.23. The number of H-pyrrole nitrogens is 1. The number of piperazine rings is 1. The second-order valence-electron chi connectivity index (χ2n) is 7.15. The van der Waals surface area contributed by atoms with Gasteiger partial charge in [0, 0.05) is 37.4 Å². The largest absolute Gasteiger partial charge is 0.368 e.